The van der Waals surface area contributed by atoms with Crippen LogP contribution in [0.2, 0.25) is 0 Å². The van der Waals surface area contributed by atoms with Crippen LogP contribution in [0.1, 0.15) is 55.3 Å². The standard InChI is InChI=1S/C22H33N3O3/c26-16-18-8-5-11-25(15-18)22(28)19-9-4-10-20(12-19)23-14-21(27)24-13-17-6-2-1-3-7-17/h4,9-10,12,17-18,23,26H,1-3,5-8,11,13-16H2,(H,24,27). The second-order valence-corrected chi connectivity index (χ2v) is 8.18. The van der Waals surface area contributed by atoms with Crippen molar-refractivity contribution in [1.29, 1.82) is 0 Å². The summed E-state index contributed by atoms with van der Waals surface area (Å²) in [6, 6.07) is 7.32. The molecule has 3 N–H and O–H groups in total. The summed E-state index contributed by atoms with van der Waals surface area (Å²) in [5, 5.41) is 15.5. The van der Waals surface area contributed by atoms with E-state index in [4.69, 9.17) is 0 Å². The number of aliphatic hydroxyl groups is 1. The minimum absolute atomic E-state index is 0.0101. The lowest BCUT2D eigenvalue weighted by atomic mass is 9.89. The van der Waals surface area contributed by atoms with E-state index >= 15 is 0 Å². The summed E-state index contributed by atoms with van der Waals surface area (Å²) in [4.78, 5) is 26.7. The third-order valence-electron chi connectivity index (χ3n) is 5.94. The molecule has 0 aromatic heterocycles. The number of hydrogen-bond donors (Lipinski definition) is 3. The summed E-state index contributed by atoms with van der Waals surface area (Å²) >= 11 is 0. The van der Waals surface area contributed by atoms with Gasteiger partial charge in [-0.25, -0.2) is 0 Å². The van der Waals surface area contributed by atoms with Gasteiger partial charge in [-0.3, -0.25) is 9.59 Å². The van der Waals surface area contributed by atoms with Crippen molar-refractivity contribution in [3.8, 4) is 0 Å². The smallest absolute Gasteiger partial charge is 0.253 e. The molecule has 2 fully saturated rings. The van der Waals surface area contributed by atoms with E-state index < -0.39 is 0 Å². The lowest BCUT2D eigenvalue weighted by Gasteiger charge is -2.32. The van der Waals surface area contributed by atoms with Crippen LogP contribution in [0.15, 0.2) is 24.3 Å². The minimum atomic E-state index is -0.0106. The number of nitrogens with zero attached hydrogens (tertiary/aromatic N) is 1. The predicted molar refractivity (Wildman–Crippen MR) is 110 cm³/mol. The molecule has 1 atom stereocenters. The lowest BCUT2D eigenvalue weighted by Crippen LogP contribution is -2.41. The fraction of sp³-hybridized carbons (Fsp3) is 0.636. The molecule has 2 amide bonds. The number of carbonyl (C=O) groups is 2. The van der Waals surface area contributed by atoms with Crippen molar-refractivity contribution >= 4 is 17.5 Å². The Hall–Kier alpha value is -2.08. The first-order valence-electron chi connectivity index (χ1n) is 10.7. The highest BCUT2D eigenvalue weighted by Gasteiger charge is 2.24. The Labute approximate surface area is 167 Å². The molecule has 1 aliphatic carbocycles. The molecule has 6 heteroatoms. The van der Waals surface area contributed by atoms with Crippen LogP contribution in [-0.2, 0) is 4.79 Å². The van der Waals surface area contributed by atoms with Gasteiger partial charge in [0.2, 0.25) is 5.91 Å². The summed E-state index contributed by atoms with van der Waals surface area (Å²) in [7, 11) is 0. The fourth-order valence-electron chi connectivity index (χ4n) is 4.24. The molecule has 1 aromatic rings. The molecule has 2 aliphatic rings. The van der Waals surface area contributed by atoms with Gasteiger partial charge in [0.25, 0.3) is 5.91 Å². The Morgan fingerprint density at radius 1 is 1.07 bits per heavy atom. The van der Waals surface area contributed by atoms with Gasteiger partial charge in [0.05, 0.1) is 6.54 Å². The van der Waals surface area contributed by atoms with Gasteiger partial charge >= 0.3 is 0 Å². The van der Waals surface area contributed by atoms with Crippen molar-refractivity contribution in [3.63, 3.8) is 0 Å². The molecule has 1 aromatic carbocycles. The fourth-order valence-corrected chi connectivity index (χ4v) is 4.24. The van der Waals surface area contributed by atoms with Crippen molar-refractivity contribution in [2.45, 2.75) is 44.9 Å². The zero-order valence-corrected chi connectivity index (χ0v) is 16.7. The van der Waals surface area contributed by atoms with Crippen LogP contribution in [-0.4, -0.2) is 54.6 Å². The molecule has 0 bridgehead atoms. The number of nitrogens with one attached hydrogen (secondary N) is 2. The van der Waals surface area contributed by atoms with E-state index in [2.05, 4.69) is 10.6 Å². The SMILES string of the molecule is O=C(CNc1cccc(C(=O)N2CCCC(CO)C2)c1)NCC1CCCCC1. The van der Waals surface area contributed by atoms with E-state index in [1.807, 2.05) is 17.0 Å². The van der Waals surface area contributed by atoms with Crippen LogP contribution in [0, 0.1) is 11.8 Å². The second kappa shape index (κ2) is 10.5. The van der Waals surface area contributed by atoms with Crippen LogP contribution >= 0.6 is 0 Å². The predicted octanol–water partition coefficient (Wildman–Crippen LogP) is 2.64. The summed E-state index contributed by atoms with van der Waals surface area (Å²) < 4.78 is 0. The maximum atomic E-state index is 12.8. The molecule has 6 nitrogen and oxygen atoms in total. The van der Waals surface area contributed by atoms with E-state index in [0.717, 1.165) is 31.6 Å². The molecule has 1 unspecified atom stereocenters. The Morgan fingerprint density at radius 2 is 1.86 bits per heavy atom. The third kappa shape index (κ3) is 5.96. The summed E-state index contributed by atoms with van der Waals surface area (Å²) in [5.74, 6) is 0.769. The topological polar surface area (TPSA) is 81.7 Å². The first-order valence-corrected chi connectivity index (χ1v) is 10.7. The maximum absolute atomic E-state index is 12.8. The highest BCUT2D eigenvalue weighted by molar-refractivity contribution is 5.95. The van der Waals surface area contributed by atoms with E-state index in [9.17, 15) is 14.7 Å². The number of benzene rings is 1. The maximum Gasteiger partial charge on any atom is 0.253 e. The molecule has 154 valence electrons. The van der Waals surface area contributed by atoms with Gasteiger partial charge in [-0.2, -0.15) is 0 Å². The van der Waals surface area contributed by atoms with E-state index in [0.29, 0.717) is 18.0 Å². The average molecular weight is 388 g/mol. The number of hydrogen-bond acceptors (Lipinski definition) is 4. The van der Waals surface area contributed by atoms with E-state index in [-0.39, 0.29) is 30.9 Å². The van der Waals surface area contributed by atoms with Gasteiger partial charge in [0, 0.05) is 37.5 Å². The lowest BCUT2D eigenvalue weighted by molar-refractivity contribution is -0.119. The Morgan fingerprint density at radius 3 is 2.64 bits per heavy atom. The molecule has 28 heavy (non-hydrogen) atoms. The number of piperidine rings is 1. The number of carbonyl (C=O) groups excluding carboxylic acids is 2. The molecular formula is C22H33N3O3. The third-order valence-corrected chi connectivity index (χ3v) is 5.94. The van der Waals surface area contributed by atoms with Crippen LogP contribution in [0.25, 0.3) is 0 Å². The molecule has 1 saturated heterocycles. The highest BCUT2D eigenvalue weighted by atomic mass is 16.3. The first kappa shape index (κ1) is 20.6. The van der Waals surface area contributed by atoms with Gasteiger partial charge in [0.1, 0.15) is 0 Å². The number of rotatable bonds is 7. The van der Waals surface area contributed by atoms with Gasteiger partial charge in [-0.05, 0) is 55.7 Å². The van der Waals surface area contributed by atoms with E-state index in [1.165, 1.54) is 32.1 Å². The van der Waals surface area contributed by atoms with Crippen LogP contribution < -0.4 is 10.6 Å². The molecule has 0 radical (unpaired) electrons. The van der Waals surface area contributed by atoms with Crippen LogP contribution in [0.3, 0.4) is 0 Å². The van der Waals surface area contributed by atoms with Crippen molar-refractivity contribution in [3.05, 3.63) is 29.8 Å². The molecule has 1 aliphatic heterocycles. The molecule has 1 saturated carbocycles. The summed E-state index contributed by atoms with van der Waals surface area (Å²) in [6.07, 6.45) is 8.19. The highest BCUT2D eigenvalue weighted by Crippen LogP contribution is 2.23. The van der Waals surface area contributed by atoms with Crippen molar-refractivity contribution < 1.29 is 14.7 Å². The normalized spacial score (nSPS) is 20.6. The number of aliphatic hydroxyl groups excluding tert-OH is 1. The van der Waals surface area contributed by atoms with Crippen molar-refractivity contribution in [2.75, 3.05) is 38.1 Å². The zero-order valence-electron chi connectivity index (χ0n) is 16.7. The van der Waals surface area contributed by atoms with Crippen LogP contribution in [0.4, 0.5) is 5.69 Å². The number of amides is 2. The summed E-state index contributed by atoms with van der Waals surface area (Å²) in [5.41, 5.74) is 1.39. The molecule has 1 heterocycles. The van der Waals surface area contributed by atoms with Gasteiger partial charge in [-0.15, -0.1) is 0 Å². The molecular weight excluding hydrogens is 354 g/mol. The van der Waals surface area contributed by atoms with Gasteiger partial charge < -0.3 is 20.6 Å². The zero-order chi connectivity index (χ0) is 19.8. The average Bonchev–Trinajstić information content (AvgIpc) is 2.76. The second-order valence-electron chi connectivity index (χ2n) is 8.18. The van der Waals surface area contributed by atoms with E-state index in [1.54, 1.807) is 12.1 Å². The van der Waals surface area contributed by atoms with Crippen LogP contribution in [0.5, 0.6) is 0 Å². The van der Waals surface area contributed by atoms with Crippen molar-refractivity contribution in [2.24, 2.45) is 11.8 Å². The largest absolute Gasteiger partial charge is 0.396 e. The van der Waals surface area contributed by atoms with Crippen molar-refractivity contribution in [1.82, 2.24) is 10.2 Å². The number of anilines is 1. The minimum Gasteiger partial charge on any atom is -0.396 e. The van der Waals surface area contributed by atoms with Gasteiger partial charge in [0.15, 0.2) is 0 Å². The Bertz CT molecular complexity index is 658. The monoisotopic (exact) mass is 387 g/mol. The Kier molecular flexibility index (Phi) is 7.71. The summed E-state index contributed by atoms with van der Waals surface area (Å²) in [6.45, 7) is 2.44. The Balaban J connectivity index is 1.47. The quantitative estimate of drug-likeness (QED) is 0.672. The molecule has 3 rings (SSSR count). The molecule has 0 spiro atoms. The first-order chi connectivity index (χ1) is 13.7. The number of likely N-dealkylation sites (tertiary alicyclic amines) is 1. The van der Waals surface area contributed by atoms with Gasteiger partial charge in [-0.1, -0.05) is 25.3 Å².